The van der Waals surface area contributed by atoms with Crippen LogP contribution in [0.5, 0.6) is 5.75 Å². The summed E-state index contributed by atoms with van der Waals surface area (Å²) in [5.74, 6) is 0.705. The number of benzene rings is 1. The zero-order valence-electron chi connectivity index (χ0n) is 14.4. The van der Waals surface area contributed by atoms with Crippen LogP contribution in [0, 0.1) is 0 Å². The predicted molar refractivity (Wildman–Crippen MR) is 93.8 cm³/mol. The number of rotatable bonds is 4. The number of hydrogen-bond acceptors (Lipinski definition) is 4. The Bertz CT molecular complexity index is 638. The Kier molecular flexibility index (Phi) is 5.81. The van der Waals surface area contributed by atoms with Crippen molar-refractivity contribution in [3.8, 4) is 5.75 Å². The van der Waals surface area contributed by atoms with Crippen LogP contribution in [0.1, 0.15) is 18.4 Å². The maximum atomic E-state index is 12.5. The molecule has 136 valence electrons. The van der Waals surface area contributed by atoms with Crippen molar-refractivity contribution in [2.45, 2.75) is 25.4 Å². The third-order valence-corrected chi connectivity index (χ3v) is 5.02. The normalized spacial score (nSPS) is 20.6. The monoisotopic (exact) mass is 366 g/mol. The molecule has 6 nitrogen and oxygen atoms in total. The van der Waals surface area contributed by atoms with Gasteiger partial charge in [-0.3, -0.25) is 9.59 Å². The molecule has 7 heteroatoms. The molecule has 3 rings (SSSR count). The van der Waals surface area contributed by atoms with Crippen LogP contribution < -0.4 is 4.74 Å². The third-order valence-electron chi connectivity index (χ3n) is 4.72. The number of amides is 2. The summed E-state index contributed by atoms with van der Waals surface area (Å²) in [6.45, 7) is 2.91. The number of methoxy groups -OCH3 is 1. The minimum atomic E-state index is -0.288. The van der Waals surface area contributed by atoms with Gasteiger partial charge in [-0.2, -0.15) is 0 Å². The van der Waals surface area contributed by atoms with E-state index in [0.717, 1.165) is 18.4 Å². The van der Waals surface area contributed by atoms with Gasteiger partial charge in [-0.15, -0.1) is 0 Å². The number of ether oxygens (including phenoxy) is 2. The van der Waals surface area contributed by atoms with Gasteiger partial charge < -0.3 is 19.3 Å². The summed E-state index contributed by atoms with van der Waals surface area (Å²) in [6.07, 6.45) is 1.75. The van der Waals surface area contributed by atoms with E-state index < -0.39 is 0 Å². The van der Waals surface area contributed by atoms with Crippen LogP contribution in [0.25, 0.3) is 0 Å². The smallest absolute Gasteiger partial charge is 0.251 e. The highest BCUT2D eigenvalue weighted by atomic mass is 35.5. The number of piperazine rings is 1. The fourth-order valence-corrected chi connectivity index (χ4v) is 3.54. The molecule has 1 aromatic carbocycles. The Hall–Kier alpha value is -1.79. The van der Waals surface area contributed by atoms with Gasteiger partial charge in [0.15, 0.2) is 0 Å². The second-order valence-corrected chi connectivity index (χ2v) is 6.76. The predicted octanol–water partition coefficient (Wildman–Crippen LogP) is 1.74. The summed E-state index contributed by atoms with van der Waals surface area (Å²) in [6, 6.07) is 5.37. The zero-order chi connectivity index (χ0) is 17.8. The van der Waals surface area contributed by atoms with Crippen molar-refractivity contribution in [1.82, 2.24) is 9.80 Å². The van der Waals surface area contributed by atoms with Crippen LogP contribution in [0.4, 0.5) is 0 Å². The standard InChI is InChI=1S/C18H23ClN2O4/c1-24-15-5-4-13(11-14(15)19)12-17(22)20-6-8-21(9-7-20)18(23)16-3-2-10-25-16/h4-5,11,16H,2-3,6-10,12H2,1H3. The number of nitrogens with zero attached hydrogens (tertiary/aromatic N) is 2. The van der Waals surface area contributed by atoms with Gasteiger partial charge in [0.1, 0.15) is 11.9 Å². The number of hydrogen-bond donors (Lipinski definition) is 0. The molecule has 0 saturated carbocycles. The average molecular weight is 367 g/mol. The molecule has 0 spiro atoms. The second kappa shape index (κ2) is 8.06. The lowest BCUT2D eigenvalue weighted by Crippen LogP contribution is -2.53. The SMILES string of the molecule is COc1ccc(CC(=O)N2CCN(C(=O)C3CCCO3)CC2)cc1Cl. The van der Waals surface area contributed by atoms with Crippen molar-refractivity contribution in [3.05, 3.63) is 28.8 Å². The molecule has 2 heterocycles. The second-order valence-electron chi connectivity index (χ2n) is 6.35. The molecule has 0 aliphatic carbocycles. The Balaban J connectivity index is 1.51. The zero-order valence-corrected chi connectivity index (χ0v) is 15.1. The van der Waals surface area contributed by atoms with Crippen LogP contribution in [0.15, 0.2) is 18.2 Å². The van der Waals surface area contributed by atoms with Gasteiger partial charge in [0, 0.05) is 32.8 Å². The molecule has 1 aromatic rings. The van der Waals surface area contributed by atoms with Crippen molar-refractivity contribution in [2.24, 2.45) is 0 Å². The fraction of sp³-hybridized carbons (Fsp3) is 0.556. The first-order valence-corrected chi connectivity index (χ1v) is 8.97. The van der Waals surface area contributed by atoms with E-state index in [0.29, 0.717) is 50.0 Å². The molecule has 2 amide bonds. The van der Waals surface area contributed by atoms with E-state index in [-0.39, 0.29) is 17.9 Å². The van der Waals surface area contributed by atoms with Gasteiger partial charge in [0.05, 0.1) is 18.6 Å². The number of carbonyl (C=O) groups excluding carboxylic acids is 2. The molecular weight excluding hydrogens is 344 g/mol. The van der Waals surface area contributed by atoms with Crippen LogP contribution >= 0.6 is 11.6 Å². The summed E-state index contributed by atoms with van der Waals surface area (Å²) >= 11 is 6.11. The molecule has 0 bridgehead atoms. The Morgan fingerprint density at radius 3 is 2.56 bits per heavy atom. The van der Waals surface area contributed by atoms with Gasteiger partial charge in [-0.05, 0) is 30.5 Å². The molecule has 0 aromatic heterocycles. The van der Waals surface area contributed by atoms with Crippen molar-refractivity contribution < 1.29 is 19.1 Å². The van der Waals surface area contributed by atoms with Crippen molar-refractivity contribution in [3.63, 3.8) is 0 Å². The molecule has 2 aliphatic rings. The highest BCUT2D eigenvalue weighted by molar-refractivity contribution is 6.32. The van der Waals surface area contributed by atoms with Crippen molar-refractivity contribution in [2.75, 3.05) is 39.9 Å². The van der Waals surface area contributed by atoms with E-state index in [4.69, 9.17) is 21.1 Å². The number of carbonyl (C=O) groups is 2. The summed E-state index contributed by atoms with van der Waals surface area (Å²) in [4.78, 5) is 28.4. The van der Waals surface area contributed by atoms with Crippen LogP contribution in [0.3, 0.4) is 0 Å². The van der Waals surface area contributed by atoms with Gasteiger partial charge in [-0.1, -0.05) is 17.7 Å². The average Bonchev–Trinajstić information content (AvgIpc) is 3.16. The van der Waals surface area contributed by atoms with Crippen molar-refractivity contribution in [1.29, 1.82) is 0 Å². The van der Waals surface area contributed by atoms with Crippen LogP contribution in [-0.4, -0.2) is 67.6 Å². The molecule has 0 N–H and O–H groups in total. The van der Waals surface area contributed by atoms with Gasteiger partial charge >= 0.3 is 0 Å². The van der Waals surface area contributed by atoms with E-state index in [9.17, 15) is 9.59 Å². The lowest BCUT2D eigenvalue weighted by atomic mass is 10.1. The van der Waals surface area contributed by atoms with E-state index in [2.05, 4.69) is 0 Å². The third kappa shape index (κ3) is 4.25. The molecule has 2 aliphatic heterocycles. The molecule has 0 radical (unpaired) electrons. The lowest BCUT2D eigenvalue weighted by Gasteiger charge is -2.35. The van der Waals surface area contributed by atoms with E-state index in [1.54, 1.807) is 24.1 Å². The summed E-state index contributed by atoms with van der Waals surface area (Å²) in [5.41, 5.74) is 0.855. The minimum Gasteiger partial charge on any atom is -0.495 e. The first kappa shape index (κ1) is 18.0. The van der Waals surface area contributed by atoms with E-state index >= 15 is 0 Å². The van der Waals surface area contributed by atoms with Gasteiger partial charge in [0.25, 0.3) is 5.91 Å². The molecule has 1 unspecified atom stereocenters. The summed E-state index contributed by atoms with van der Waals surface area (Å²) in [5, 5.41) is 0.500. The van der Waals surface area contributed by atoms with Gasteiger partial charge in [0.2, 0.25) is 5.91 Å². The Morgan fingerprint density at radius 2 is 1.96 bits per heavy atom. The Morgan fingerprint density at radius 1 is 1.24 bits per heavy atom. The maximum Gasteiger partial charge on any atom is 0.251 e. The largest absolute Gasteiger partial charge is 0.495 e. The minimum absolute atomic E-state index is 0.0467. The van der Waals surface area contributed by atoms with Crippen LogP contribution in [0.2, 0.25) is 5.02 Å². The molecule has 1 atom stereocenters. The van der Waals surface area contributed by atoms with Crippen LogP contribution in [-0.2, 0) is 20.7 Å². The molecular formula is C18H23ClN2O4. The topological polar surface area (TPSA) is 59.1 Å². The van der Waals surface area contributed by atoms with Crippen molar-refractivity contribution >= 4 is 23.4 Å². The van der Waals surface area contributed by atoms with E-state index in [1.165, 1.54) is 0 Å². The lowest BCUT2D eigenvalue weighted by molar-refractivity contribution is -0.145. The van der Waals surface area contributed by atoms with E-state index in [1.807, 2.05) is 11.0 Å². The summed E-state index contributed by atoms with van der Waals surface area (Å²) in [7, 11) is 1.56. The molecule has 2 fully saturated rings. The maximum absolute atomic E-state index is 12.5. The Labute approximate surface area is 152 Å². The first-order valence-electron chi connectivity index (χ1n) is 8.59. The highest BCUT2D eigenvalue weighted by Crippen LogP contribution is 2.25. The molecule has 25 heavy (non-hydrogen) atoms. The molecule has 2 saturated heterocycles. The fourth-order valence-electron chi connectivity index (χ4n) is 3.26. The first-order chi connectivity index (χ1) is 12.1. The highest BCUT2D eigenvalue weighted by Gasteiger charge is 2.31. The number of halogens is 1. The van der Waals surface area contributed by atoms with Gasteiger partial charge in [-0.25, -0.2) is 0 Å². The summed E-state index contributed by atoms with van der Waals surface area (Å²) < 4.78 is 10.6. The quantitative estimate of drug-likeness (QED) is 0.814.